The molecular weight excluding hydrogens is 1750 g/mol. The fraction of sp³-hybridized carbons (Fsp3) is 0. The zero-order valence-corrected chi connectivity index (χ0v) is 78.7. The largest absolute Gasteiger partial charge is 0.316 e. The fourth-order valence-corrected chi connectivity index (χ4v) is 21.8. The lowest BCUT2D eigenvalue weighted by atomic mass is 9.93. The second-order valence-corrected chi connectivity index (χ2v) is 36.7. The van der Waals surface area contributed by atoms with Crippen LogP contribution < -0.4 is 14.7 Å². The summed E-state index contributed by atoms with van der Waals surface area (Å²) in [5, 5.41) is 3.75. The van der Waals surface area contributed by atoms with Crippen molar-refractivity contribution in [1.29, 1.82) is 0 Å². The Bertz CT molecular complexity index is 9060. The number of rotatable bonds is 16. The van der Waals surface area contributed by atoms with Gasteiger partial charge >= 0.3 is 0 Å². The van der Waals surface area contributed by atoms with Crippen molar-refractivity contribution in [2.75, 3.05) is 14.7 Å². The normalized spacial score (nSPS) is 11.5. The summed E-state index contributed by atoms with van der Waals surface area (Å²) >= 11 is 0. The average Bonchev–Trinajstić information content (AvgIpc) is 1.57. The molecule has 25 aromatic rings. The smallest absolute Gasteiger partial charge is 0.234 e. The van der Waals surface area contributed by atoms with E-state index in [9.17, 15) is 0 Å². The van der Waals surface area contributed by atoms with Crippen molar-refractivity contribution < 1.29 is 0 Å². The Morgan fingerprint density at radius 2 is 0.396 bits per heavy atom. The Hall–Kier alpha value is -19.3. The first-order valence-corrected chi connectivity index (χ1v) is 49.1. The van der Waals surface area contributed by atoms with Crippen LogP contribution in [0.25, 0.3) is 195 Å². The number of anilines is 9. The molecule has 0 bridgehead atoms. The molecule has 8 nitrogen and oxygen atoms in total. The number of aromatic nitrogens is 5. The molecule has 0 N–H and O–H groups in total. The molecule has 0 spiro atoms. The van der Waals surface area contributed by atoms with Gasteiger partial charge in [-0.1, -0.05) is 382 Å². The van der Waals surface area contributed by atoms with Crippen molar-refractivity contribution in [2.45, 2.75) is 0 Å². The summed E-state index contributed by atoms with van der Waals surface area (Å²) < 4.78 is 6.88. The van der Waals surface area contributed by atoms with Gasteiger partial charge in [0.15, 0.2) is 0 Å². The van der Waals surface area contributed by atoms with Crippen LogP contribution in [0.1, 0.15) is 0 Å². The van der Waals surface area contributed by atoms with Gasteiger partial charge in [0.2, 0.25) is 5.95 Å². The number of fused-ring (bicyclic) bond motifs is 15. The molecule has 0 saturated heterocycles. The van der Waals surface area contributed by atoms with E-state index >= 15 is 0 Å². The van der Waals surface area contributed by atoms with Crippen molar-refractivity contribution >= 4 is 83.9 Å². The standard InChI is InChI=1S/C50H34N2.C44H30N2.C42H28N4/c1-4-15-35(16-5-1)37-27-29-40(30-28-37)52(39-20-8-3-9-21-39)42-32-47-45-25-12-10-23-43(45)44-24-11-13-26-46(44)48-34-51(49(33-42)50(47)48)41-22-14-19-38(31-41)36-17-6-2-7-18-36;1-4-14-31(15-5-1)32-24-26-35(27-25-32)46(34-18-8-3-9-19-34)36-28-41-39-22-12-10-20-37(39)38-21-11-13-23-40(38)42-30-45(43(29-36)44(41)42)33-16-6-2-7-17-33;1-3-11-29(12-4-1)30-19-21-32(22-20-30)46(31-13-5-2-6-14-31)33-23-24-36-37-17-9-18-40-41(37)39(28-45(40)42-43-25-10-26-44-42)35-16-8-7-15-34(35)38(36)27-33/h1-34H;1-30H;1-28H. The number of hydrogen-bond donors (Lipinski definition) is 0. The third-order valence-electron chi connectivity index (χ3n) is 28.4. The third-order valence-corrected chi connectivity index (χ3v) is 28.4. The first-order valence-electron chi connectivity index (χ1n) is 49.1. The third kappa shape index (κ3) is 15.5. The molecule has 676 valence electrons. The van der Waals surface area contributed by atoms with Crippen molar-refractivity contribution in [3.8, 4) is 162 Å². The Labute approximate surface area is 837 Å². The van der Waals surface area contributed by atoms with Gasteiger partial charge in [-0.25, -0.2) is 9.97 Å². The van der Waals surface area contributed by atoms with Gasteiger partial charge in [0.1, 0.15) is 0 Å². The van der Waals surface area contributed by atoms with E-state index in [2.05, 4.69) is 579 Å². The molecule has 0 amide bonds. The van der Waals surface area contributed by atoms with Crippen molar-refractivity contribution in [2.24, 2.45) is 0 Å². The van der Waals surface area contributed by atoms with E-state index in [-0.39, 0.29) is 0 Å². The highest BCUT2D eigenvalue weighted by Crippen LogP contribution is 2.57. The monoisotopic (exact) mass is 1840 g/mol. The van der Waals surface area contributed by atoms with Crippen LogP contribution in [0.5, 0.6) is 0 Å². The number of para-hydroxylation sites is 4. The molecule has 144 heavy (non-hydrogen) atoms. The Morgan fingerprint density at radius 3 is 0.792 bits per heavy atom. The maximum atomic E-state index is 4.58. The SMILES string of the molecule is c1ccc(-c2ccc(N(c3ccccc3)c3cc4c5c(cn(-c6cccc(-c7ccccc7)c6)c5c3)-c3ccccc3-c3ccccc3-4)cc2)cc1.c1ccc(-c2ccc(N(c3ccccc3)c3cc4c5c(cn(-c6ccccc6)c5c3)-c3ccccc3-c3ccccc3-4)cc2)cc1.c1ccc(-c2ccc(N(c3ccccc3)c3ccc4c(c3)-c3ccccc3-c3cn(-c5ncccn5)c5cccc-4c35)cc2)cc1. The van der Waals surface area contributed by atoms with Crippen molar-refractivity contribution in [3.63, 3.8) is 0 Å². The second-order valence-electron chi connectivity index (χ2n) is 36.7. The summed E-state index contributed by atoms with van der Waals surface area (Å²) in [6, 6.07) is 190. The molecule has 0 radical (unpaired) electrons. The van der Waals surface area contributed by atoms with Crippen LogP contribution in [-0.2, 0) is 0 Å². The van der Waals surface area contributed by atoms with E-state index in [4.69, 9.17) is 0 Å². The van der Waals surface area contributed by atoms with Crippen molar-refractivity contribution in [3.05, 3.63) is 559 Å². The molecular formula is C136H92N8. The fourth-order valence-electron chi connectivity index (χ4n) is 21.8. The summed E-state index contributed by atoms with van der Waals surface area (Å²) in [6.45, 7) is 0. The molecule has 0 fully saturated rings. The zero-order chi connectivity index (χ0) is 95.3. The predicted molar refractivity (Wildman–Crippen MR) is 601 cm³/mol. The minimum Gasteiger partial charge on any atom is -0.316 e. The average molecular weight is 1840 g/mol. The van der Waals surface area contributed by atoms with Crippen LogP contribution in [0, 0.1) is 0 Å². The van der Waals surface area contributed by atoms with Crippen LogP contribution in [0.2, 0.25) is 0 Å². The lowest BCUT2D eigenvalue weighted by molar-refractivity contribution is 0.962. The van der Waals surface area contributed by atoms with Crippen LogP contribution in [0.3, 0.4) is 0 Å². The molecule has 0 aliphatic heterocycles. The summed E-state index contributed by atoms with van der Waals surface area (Å²) in [7, 11) is 0. The van der Waals surface area contributed by atoms with E-state index in [1.807, 2.05) is 6.07 Å². The highest BCUT2D eigenvalue weighted by atomic mass is 15.2. The van der Waals surface area contributed by atoms with E-state index in [0.717, 1.165) is 68.1 Å². The lowest BCUT2D eigenvalue weighted by Crippen LogP contribution is -2.10. The topological polar surface area (TPSA) is 50.3 Å². The Balaban J connectivity index is 0.000000110. The molecule has 21 aromatic carbocycles. The first-order chi connectivity index (χ1) is 71.5. The minimum absolute atomic E-state index is 0.668. The van der Waals surface area contributed by atoms with E-state index in [0.29, 0.717) is 5.95 Å². The van der Waals surface area contributed by atoms with E-state index in [1.54, 1.807) is 12.4 Å². The predicted octanol–water partition coefficient (Wildman–Crippen LogP) is 36.7. The van der Waals surface area contributed by atoms with Crippen LogP contribution in [0.15, 0.2) is 559 Å². The van der Waals surface area contributed by atoms with E-state index in [1.165, 1.54) is 172 Å². The van der Waals surface area contributed by atoms with Gasteiger partial charge in [-0.2, -0.15) is 0 Å². The van der Waals surface area contributed by atoms with Gasteiger partial charge in [0.25, 0.3) is 0 Å². The van der Waals surface area contributed by atoms with Gasteiger partial charge in [0.05, 0.1) is 16.6 Å². The van der Waals surface area contributed by atoms with Gasteiger partial charge in [-0.05, 0) is 274 Å². The molecule has 3 aliphatic rings. The molecule has 28 rings (SSSR count). The van der Waals surface area contributed by atoms with Gasteiger partial charge in [0, 0.05) is 126 Å². The summed E-state index contributed by atoms with van der Waals surface area (Å²) in [6.07, 6.45) is 10.5. The zero-order valence-electron chi connectivity index (χ0n) is 78.7. The summed E-state index contributed by atoms with van der Waals surface area (Å²) in [4.78, 5) is 16.3. The van der Waals surface area contributed by atoms with Crippen LogP contribution in [0.4, 0.5) is 51.2 Å². The molecule has 4 heterocycles. The quantitative estimate of drug-likeness (QED) is 0.0965. The molecule has 4 aromatic heterocycles. The maximum Gasteiger partial charge on any atom is 0.234 e. The molecule has 3 aliphatic carbocycles. The number of benzene rings is 21. The van der Waals surface area contributed by atoms with E-state index < -0.39 is 0 Å². The summed E-state index contributed by atoms with van der Waals surface area (Å²) in [5.41, 5.74) is 47.5. The lowest BCUT2D eigenvalue weighted by Gasteiger charge is -2.27. The van der Waals surface area contributed by atoms with Gasteiger partial charge in [-0.15, -0.1) is 0 Å². The van der Waals surface area contributed by atoms with Crippen LogP contribution in [-0.4, -0.2) is 23.7 Å². The highest BCUT2D eigenvalue weighted by Gasteiger charge is 2.32. The Morgan fingerprint density at radius 1 is 0.139 bits per heavy atom. The first kappa shape index (κ1) is 85.2. The minimum atomic E-state index is 0.668. The van der Waals surface area contributed by atoms with Crippen LogP contribution >= 0.6 is 0 Å². The molecule has 0 atom stereocenters. The maximum absolute atomic E-state index is 4.58. The number of nitrogens with zero attached hydrogens (tertiary/aromatic N) is 8. The molecule has 8 heteroatoms. The number of hydrogen-bond acceptors (Lipinski definition) is 5. The van der Waals surface area contributed by atoms with Crippen molar-refractivity contribution in [1.82, 2.24) is 23.7 Å². The Kier molecular flexibility index (Phi) is 21.8. The van der Waals surface area contributed by atoms with Gasteiger partial charge < -0.3 is 23.8 Å². The summed E-state index contributed by atoms with van der Waals surface area (Å²) in [5.74, 6) is 0.668. The molecule has 0 unspecified atom stereocenters. The molecule has 0 saturated carbocycles. The second kappa shape index (κ2) is 36.9. The highest BCUT2D eigenvalue weighted by molar-refractivity contribution is 6.18. The van der Waals surface area contributed by atoms with Gasteiger partial charge in [-0.3, -0.25) is 4.57 Å².